The van der Waals surface area contributed by atoms with Gasteiger partial charge in [-0.15, -0.1) is 11.8 Å². The van der Waals surface area contributed by atoms with Gasteiger partial charge in [-0.05, 0) is 44.2 Å². The number of hydrogen-bond acceptors (Lipinski definition) is 5. The summed E-state index contributed by atoms with van der Waals surface area (Å²) in [6.07, 6.45) is 1.86. The number of anilines is 1. The molecule has 1 saturated heterocycles. The molecule has 160 valence electrons. The average molecular weight is 438 g/mol. The molecule has 2 aliphatic heterocycles. The summed E-state index contributed by atoms with van der Waals surface area (Å²) in [7, 11) is 3.06. The van der Waals surface area contributed by atoms with Gasteiger partial charge in [-0.2, -0.15) is 0 Å². The van der Waals surface area contributed by atoms with Gasteiger partial charge in [-0.1, -0.05) is 6.07 Å². The Morgan fingerprint density at radius 3 is 2.71 bits per heavy atom. The molecule has 1 fully saturated rings. The van der Waals surface area contributed by atoms with E-state index in [0.717, 1.165) is 16.5 Å². The number of aromatic amines is 1. The quantitative estimate of drug-likeness (QED) is 0.640. The van der Waals surface area contributed by atoms with Crippen LogP contribution in [0.4, 0.5) is 5.69 Å². The van der Waals surface area contributed by atoms with Gasteiger partial charge >= 0.3 is 0 Å². The molecule has 2 N–H and O–H groups in total. The molecule has 0 spiro atoms. The molecule has 0 radical (unpaired) electrons. The third-order valence-electron chi connectivity index (χ3n) is 5.97. The number of carbonyl (C=O) groups is 2. The number of fused-ring (bicyclic) bond motifs is 4. The normalized spacial score (nSPS) is 21.2. The standard InChI is InChI=1S/C23H23N3O4S/c1-23(2)19(20(27)25-13-5-7-15-12(11-13)9-10-24-15)26-21(28)17-14(22(26)31-23)6-8-16(29-3)18(17)30-4/h5-11,19,22,24H,1-4H3,(H,25,27)/t19-,22?/m1/s1. The summed E-state index contributed by atoms with van der Waals surface area (Å²) >= 11 is 1.61. The fourth-order valence-corrected chi connectivity index (χ4v) is 6.18. The van der Waals surface area contributed by atoms with Crippen molar-refractivity contribution in [3.8, 4) is 11.5 Å². The number of amides is 2. The number of hydrogen-bond donors (Lipinski definition) is 2. The van der Waals surface area contributed by atoms with E-state index < -0.39 is 10.8 Å². The number of H-pyrrole nitrogens is 1. The largest absolute Gasteiger partial charge is 0.493 e. The Hall–Kier alpha value is -3.13. The molecule has 0 saturated carbocycles. The number of benzene rings is 2. The maximum absolute atomic E-state index is 13.5. The van der Waals surface area contributed by atoms with Crippen LogP contribution < -0.4 is 14.8 Å². The van der Waals surface area contributed by atoms with Gasteiger partial charge in [0.05, 0.1) is 19.8 Å². The highest BCUT2D eigenvalue weighted by Crippen LogP contribution is 2.58. The van der Waals surface area contributed by atoms with Crippen molar-refractivity contribution in [1.29, 1.82) is 0 Å². The number of thioether (sulfide) groups is 1. The zero-order valence-electron chi connectivity index (χ0n) is 17.7. The van der Waals surface area contributed by atoms with Crippen LogP contribution in [0.1, 0.15) is 35.1 Å². The lowest BCUT2D eigenvalue weighted by molar-refractivity contribution is -0.121. The van der Waals surface area contributed by atoms with E-state index in [2.05, 4.69) is 10.3 Å². The second kappa shape index (κ2) is 6.95. The molecule has 2 amide bonds. The van der Waals surface area contributed by atoms with Crippen LogP contribution in [-0.4, -0.2) is 46.7 Å². The molecule has 5 rings (SSSR count). The molecular formula is C23H23N3O4S. The van der Waals surface area contributed by atoms with Gasteiger partial charge in [0.15, 0.2) is 11.5 Å². The molecule has 0 bridgehead atoms. The monoisotopic (exact) mass is 437 g/mol. The molecule has 0 aliphatic carbocycles. The van der Waals surface area contributed by atoms with Crippen molar-refractivity contribution in [2.45, 2.75) is 30.0 Å². The van der Waals surface area contributed by atoms with Crippen LogP contribution >= 0.6 is 11.8 Å². The molecule has 8 heteroatoms. The highest BCUT2D eigenvalue weighted by Gasteiger charge is 2.58. The number of carbonyl (C=O) groups excluding carboxylic acids is 2. The summed E-state index contributed by atoms with van der Waals surface area (Å²) in [5.41, 5.74) is 3.02. The Labute approximate surface area is 184 Å². The lowest BCUT2D eigenvalue weighted by atomic mass is 10.0. The lowest BCUT2D eigenvalue weighted by Crippen LogP contribution is -2.50. The summed E-state index contributed by atoms with van der Waals surface area (Å²) in [4.78, 5) is 31.8. The van der Waals surface area contributed by atoms with E-state index in [1.165, 1.54) is 7.11 Å². The van der Waals surface area contributed by atoms with Crippen molar-refractivity contribution < 1.29 is 19.1 Å². The fourth-order valence-electron chi connectivity index (χ4n) is 4.60. The van der Waals surface area contributed by atoms with Gasteiger partial charge in [0, 0.05) is 33.1 Å². The Morgan fingerprint density at radius 2 is 1.97 bits per heavy atom. The molecule has 2 aromatic carbocycles. The summed E-state index contributed by atoms with van der Waals surface area (Å²) in [5.74, 6) is 0.493. The highest BCUT2D eigenvalue weighted by molar-refractivity contribution is 8.01. The first kappa shape index (κ1) is 19.8. The van der Waals surface area contributed by atoms with E-state index in [1.807, 2.05) is 56.4 Å². The van der Waals surface area contributed by atoms with Crippen molar-refractivity contribution in [2.75, 3.05) is 19.5 Å². The molecular weight excluding hydrogens is 414 g/mol. The highest BCUT2D eigenvalue weighted by atomic mass is 32.2. The zero-order valence-corrected chi connectivity index (χ0v) is 18.5. The Bertz CT molecular complexity index is 1220. The third-order valence-corrected chi connectivity index (χ3v) is 7.50. The van der Waals surface area contributed by atoms with Crippen molar-refractivity contribution in [1.82, 2.24) is 9.88 Å². The predicted octanol–water partition coefficient (Wildman–Crippen LogP) is 4.17. The number of rotatable bonds is 4. The molecule has 3 heterocycles. The second-order valence-corrected chi connectivity index (χ2v) is 9.96. The van der Waals surface area contributed by atoms with Crippen LogP contribution in [0.2, 0.25) is 0 Å². The van der Waals surface area contributed by atoms with Crippen molar-refractivity contribution in [3.05, 3.63) is 53.7 Å². The van der Waals surface area contributed by atoms with Gasteiger partial charge in [-0.25, -0.2) is 0 Å². The fraction of sp³-hybridized carbons (Fsp3) is 0.304. The minimum absolute atomic E-state index is 0.207. The van der Waals surface area contributed by atoms with E-state index in [4.69, 9.17) is 9.47 Å². The molecule has 7 nitrogen and oxygen atoms in total. The Morgan fingerprint density at radius 1 is 1.16 bits per heavy atom. The van der Waals surface area contributed by atoms with Gasteiger partial charge < -0.3 is 24.7 Å². The second-order valence-electron chi connectivity index (χ2n) is 8.22. The summed E-state index contributed by atoms with van der Waals surface area (Å²) < 4.78 is 10.4. The Kier molecular flexibility index (Phi) is 4.44. The van der Waals surface area contributed by atoms with Crippen molar-refractivity contribution >= 4 is 40.2 Å². The molecule has 1 unspecified atom stereocenters. The zero-order chi connectivity index (χ0) is 21.9. The van der Waals surface area contributed by atoms with Gasteiger partial charge in [0.1, 0.15) is 11.4 Å². The van der Waals surface area contributed by atoms with Crippen molar-refractivity contribution in [2.24, 2.45) is 0 Å². The topological polar surface area (TPSA) is 83.7 Å². The van der Waals surface area contributed by atoms with Gasteiger partial charge in [0.25, 0.3) is 5.91 Å². The first-order chi connectivity index (χ1) is 14.9. The minimum atomic E-state index is -0.639. The van der Waals surface area contributed by atoms with Gasteiger partial charge in [0.2, 0.25) is 5.91 Å². The summed E-state index contributed by atoms with van der Waals surface area (Å²) in [6, 6.07) is 10.7. The molecule has 2 atom stereocenters. The maximum Gasteiger partial charge on any atom is 0.260 e. The minimum Gasteiger partial charge on any atom is -0.493 e. The number of methoxy groups -OCH3 is 2. The predicted molar refractivity (Wildman–Crippen MR) is 121 cm³/mol. The molecule has 2 aliphatic rings. The van der Waals surface area contributed by atoms with E-state index in [1.54, 1.807) is 23.8 Å². The van der Waals surface area contributed by atoms with Crippen LogP contribution in [0.3, 0.4) is 0 Å². The van der Waals surface area contributed by atoms with Crippen LogP contribution in [0.5, 0.6) is 11.5 Å². The SMILES string of the molecule is COc1ccc2c(c1OC)C(=O)N1C2SC(C)(C)[C@H]1C(=O)Nc1ccc2[nH]ccc2c1. The van der Waals surface area contributed by atoms with Gasteiger partial charge in [-0.3, -0.25) is 9.59 Å². The van der Waals surface area contributed by atoms with E-state index in [0.29, 0.717) is 22.7 Å². The van der Waals surface area contributed by atoms with E-state index in [9.17, 15) is 9.59 Å². The van der Waals surface area contributed by atoms with E-state index >= 15 is 0 Å². The number of aromatic nitrogens is 1. The smallest absolute Gasteiger partial charge is 0.260 e. The number of ether oxygens (including phenoxy) is 2. The average Bonchev–Trinajstić information content (AvgIpc) is 3.39. The summed E-state index contributed by atoms with van der Waals surface area (Å²) in [5, 5.41) is 3.78. The van der Waals surface area contributed by atoms with Crippen LogP contribution in [-0.2, 0) is 4.79 Å². The van der Waals surface area contributed by atoms with Crippen molar-refractivity contribution in [3.63, 3.8) is 0 Å². The van der Waals surface area contributed by atoms with Crippen LogP contribution in [0.15, 0.2) is 42.6 Å². The molecule has 1 aromatic heterocycles. The summed E-state index contributed by atoms with van der Waals surface area (Å²) in [6.45, 7) is 4.01. The first-order valence-corrected chi connectivity index (χ1v) is 10.9. The van der Waals surface area contributed by atoms with Crippen LogP contribution in [0, 0.1) is 0 Å². The number of nitrogens with zero attached hydrogens (tertiary/aromatic N) is 1. The lowest BCUT2D eigenvalue weighted by Gasteiger charge is -2.29. The third kappa shape index (κ3) is 2.89. The Balaban J connectivity index is 1.51. The number of nitrogens with one attached hydrogen (secondary N) is 2. The molecule has 3 aromatic rings. The van der Waals surface area contributed by atoms with E-state index in [-0.39, 0.29) is 17.2 Å². The first-order valence-electron chi connectivity index (χ1n) is 9.99. The van der Waals surface area contributed by atoms with Crippen LogP contribution in [0.25, 0.3) is 10.9 Å². The molecule has 31 heavy (non-hydrogen) atoms. The maximum atomic E-state index is 13.5.